The normalized spacial score (nSPS) is 11.5. The fraction of sp³-hybridized carbons (Fsp3) is 0.188. The molecule has 0 aliphatic heterocycles. The van der Waals surface area contributed by atoms with Gasteiger partial charge in [-0.1, -0.05) is 17.7 Å². The van der Waals surface area contributed by atoms with Crippen molar-refractivity contribution >= 4 is 44.3 Å². The fourth-order valence-electron chi connectivity index (χ4n) is 2.51. The predicted molar refractivity (Wildman–Crippen MR) is 92.7 cm³/mol. The van der Waals surface area contributed by atoms with Crippen LogP contribution in [0.1, 0.15) is 19.9 Å². The van der Waals surface area contributed by atoms with Crippen molar-refractivity contribution in [2.75, 3.05) is 5.73 Å². The number of anilines is 1. The highest BCUT2D eigenvalue weighted by molar-refractivity contribution is 9.10. The molecular weight excluding hydrogens is 350 g/mol. The molecule has 0 fully saturated rings. The Balaban J connectivity index is 2.37. The minimum atomic E-state index is 0.252. The maximum absolute atomic E-state index is 6.21. The Bertz CT molecular complexity index is 824. The van der Waals surface area contributed by atoms with Crippen LogP contribution < -0.4 is 5.73 Å². The summed E-state index contributed by atoms with van der Waals surface area (Å²) >= 11 is 9.61. The van der Waals surface area contributed by atoms with Gasteiger partial charge in [0.25, 0.3) is 0 Å². The van der Waals surface area contributed by atoms with Gasteiger partial charge in [-0.05, 0) is 60.1 Å². The van der Waals surface area contributed by atoms with Crippen molar-refractivity contribution in [3.63, 3.8) is 0 Å². The van der Waals surface area contributed by atoms with Crippen LogP contribution >= 0.6 is 27.5 Å². The molecule has 2 N–H and O–H groups in total. The smallest absolute Gasteiger partial charge is 0.143 e. The summed E-state index contributed by atoms with van der Waals surface area (Å²) in [6, 6.07) is 11.9. The second-order valence-electron chi connectivity index (χ2n) is 5.23. The summed E-state index contributed by atoms with van der Waals surface area (Å²) < 4.78 is 3.04. The molecule has 108 valence electrons. The minimum Gasteiger partial charge on any atom is -0.397 e. The average Bonchev–Trinajstić information content (AvgIpc) is 2.80. The number of nitrogens with zero attached hydrogens (tertiary/aromatic N) is 2. The van der Waals surface area contributed by atoms with Crippen molar-refractivity contribution in [1.82, 2.24) is 9.55 Å². The molecule has 21 heavy (non-hydrogen) atoms. The molecule has 0 saturated carbocycles. The van der Waals surface area contributed by atoms with Gasteiger partial charge in [-0.15, -0.1) is 0 Å². The molecule has 1 heterocycles. The van der Waals surface area contributed by atoms with Gasteiger partial charge in [0.05, 0.1) is 16.7 Å². The first-order valence-electron chi connectivity index (χ1n) is 6.71. The molecule has 3 aromatic rings. The Morgan fingerprint density at radius 3 is 2.71 bits per heavy atom. The Morgan fingerprint density at radius 1 is 1.24 bits per heavy atom. The van der Waals surface area contributed by atoms with E-state index in [0.29, 0.717) is 10.7 Å². The van der Waals surface area contributed by atoms with Crippen molar-refractivity contribution in [2.45, 2.75) is 19.9 Å². The predicted octanol–water partition coefficient (Wildman–Crippen LogP) is 5.28. The molecule has 3 rings (SSSR count). The monoisotopic (exact) mass is 363 g/mol. The lowest BCUT2D eigenvalue weighted by molar-refractivity contribution is 0.624. The SMILES string of the molecule is CC(C)n1c(-c2cccc(Br)c2N)nc2ccc(Cl)cc21. The molecule has 3 nitrogen and oxygen atoms in total. The van der Waals surface area contributed by atoms with E-state index < -0.39 is 0 Å². The van der Waals surface area contributed by atoms with Crippen LogP contribution in [0.4, 0.5) is 5.69 Å². The number of nitrogens with two attached hydrogens (primary N) is 1. The van der Waals surface area contributed by atoms with Crippen LogP contribution in [-0.4, -0.2) is 9.55 Å². The quantitative estimate of drug-likeness (QED) is 0.628. The maximum atomic E-state index is 6.21. The number of rotatable bonds is 2. The zero-order valence-electron chi connectivity index (χ0n) is 11.8. The van der Waals surface area contributed by atoms with E-state index >= 15 is 0 Å². The van der Waals surface area contributed by atoms with E-state index in [-0.39, 0.29) is 6.04 Å². The van der Waals surface area contributed by atoms with Gasteiger partial charge in [-0.3, -0.25) is 0 Å². The van der Waals surface area contributed by atoms with Crippen LogP contribution in [0.25, 0.3) is 22.4 Å². The van der Waals surface area contributed by atoms with Crippen LogP contribution in [0.3, 0.4) is 0 Å². The summed E-state index contributed by atoms with van der Waals surface area (Å²) in [5.41, 5.74) is 9.77. The highest BCUT2D eigenvalue weighted by Gasteiger charge is 2.17. The van der Waals surface area contributed by atoms with E-state index in [0.717, 1.165) is 26.9 Å². The molecule has 5 heteroatoms. The van der Waals surface area contributed by atoms with E-state index in [1.807, 2.05) is 36.4 Å². The maximum Gasteiger partial charge on any atom is 0.143 e. The standard InChI is InChI=1S/C16H15BrClN3/c1-9(2)21-14-8-10(18)6-7-13(14)20-16(21)11-4-3-5-12(17)15(11)19/h3-9H,19H2,1-2H3. The first-order valence-corrected chi connectivity index (χ1v) is 7.88. The lowest BCUT2D eigenvalue weighted by atomic mass is 10.1. The second-order valence-corrected chi connectivity index (χ2v) is 6.52. The van der Waals surface area contributed by atoms with Gasteiger partial charge in [0, 0.05) is 21.1 Å². The zero-order chi connectivity index (χ0) is 15.1. The first kappa shape index (κ1) is 14.4. The molecule has 0 amide bonds. The molecule has 2 aromatic carbocycles. The van der Waals surface area contributed by atoms with Crippen LogP contribution in [0.15, 0.2) is 40.9 Å². The van der Waals surface area contributed by atoms with Gasteiger partial charge in [0.15, 0.2) is 0 Å². The Labute approximate surface area is 136 Å². The molecule has 0 spiro atoms. The van der Waals surface area contributed by atoms with Crippen molar-refractivity contribution in [3.05, 3.63) is 45.9 Å². The fourth-order valence-corrected chi connectivity index (χ4v) is 3.04. The summed E-state index contributed by atoms with van der Waals surface area (Å²) in [4.78, 5) is 4.75. The van der Waals surface area contributed by atoms with Gasteiger partial charge in [0.1, 0.15) is 5.82 Å². The lowest BCUT2D eigenvalue weighted by Gasteiger charge is -2.15. The third kappa shape index (κ3) is 2.43. The molecule has 0 saturated heterocycles. The van der Waals surface area contributed by atoms with E-state index in [2.05, 4.69) is 34.3 Å². The third-order valence-corrected chi connectivity index (χ3v) is 4.39. The Kier molecular flexibility index (Phi) is 3.68. The van der Waals surface area contributed by atoms with Gasteiger partial charge in [-0.2, -0.15) is 0 Å². The number of nitrogen functional groups attached to an aromatic ring is 1. The molecule has 1 aromatic heterocycles. The number of aromatic nitrogens is 2. The number of halogens is 2. The molecule has 0 unspecified atom stereocenters. The number of imidazole rings is 1. The number of benzene rings is 2. The van der Waals surface area contributed by atoms with Crippen LogP contribution in [0, 0.1) is 0 Å². The summed E-state index contributed by atoms with van der Waals surface area (Å²) in [6.45, 7) is 4.25. The van der Waals surface area contributed by atoms with E-state index in [1.165, 1.54) is 0 Å². The summed E-state index contributed by atoms with van der Waals surface area (Å²) in [5.74, 6) is 0.862. The van der Waals surface area contributed by atoms with E-state index in [1.54, 1.807) is 0 Å². The van der Waals surface area contributed by atoms with Crippen LogP contribution in [-0.2, 0) is 0 Å². The van der Waals surface area contributed by atoms with Gasteiger partial charge in [-0.25, -0.2) is 4.98 Å². The average molecular weight is 365 g/mol. The lowest BCUT2D eigenvalue weighted by Crippen LogP contribution is -2.04. The molecule has 0 aliphatic carbocycles. The second kappa shape index (κ2) is 5.35. The molecule has 0 atom stereocenters. The number of hydrogen-bond donors (Lipinski definition) is 1. The molecule has 0 aliphatic rings. The van der Waals surface area contributed by atoms with Gasteiger partial charge >= 0.3 is 0 Å². The van der Waals surface area contributed by atoms with E-state index in [9.17, 15) is 0 Å². The first-order chi connectivity index (χ1) is 9.99. The molecular formula is C16H15BrClN3. The summed E-state index contributed by atoms with van der Waals surface area (Å²) in [7, 11) is 0. The summed E-state index contributed by atoms with van der Waals surface area (Å²) in [6.07, 6.45) is 0. The van der Waals surface area contributed by atoms with Crippen molar-refractivity contribution in [2.24, 2.45) is 0 Å². The highest BCUT2D eigenvalue weighted by atomic mass is 79.9. The van der Waals surface area contributed by atoms with E-state index in [4.69, 9.17) is 22.3 Å². The number of para-hydroxylation sites is 1. The van der Waals surface area contributed by atoms with Crippen LogP contribution in [0.5, 0.6) is 0 Å². The largest absolute Gasteiger partial charge is 0.397 e. The van der Waals surface area contributed by atoms with Crippen molar-refractivity contribution in [3.8, 4) is 11.4 Å². The molecule has 0 bridgehead atoms. The van der Waals surface area contributed by atoms with Crippen LogP contribution in [0.2, 0.25) is 5.02 Å². The topological polar surface area (TPSA) is 43.8 Å². The summed E-state index contributed by atoms with van der Waals surface area (Å²) in [5, 5.41) is 0.707. The van der Waals surface area contributed by atoms with Gasteiger partial charge in [0.2, 0.25) is 0 Å². The molecule has 0 radical (unpaired) electrons. The zero-order valence-corrected chi connectivity index (χ0v) is 14.1. The third-order valence-electron chi connectivity index (χ3n) is 3.46. The minimum absolute atomic E-state index is 0.252. The Morgan fingerprint density at radius 2 is 2.00 bits per heavy atom. The van der Waals surface area contributed by atoms with Gasteiger partial charge < -0.3 is 10.3 Å². The number of hydrogen-bond acceptors (Lipinski definition) is 2. The highest BCUT2D eigenvalue weighted by Crippen LogP contribution is 2.35. The Hall–Kier alpha value is -1.52. The van der Waals surface area contributed by atoms with Crippen molar-refractivity contribution < 1.29 is 0 Å². The number of fused-ring (bicyclic) bond motifs is 1. The van der Waals surface area contributed by atoms with Crippen molar-refractivity contribution in [1.29, 1.82) is 0 Å².